The van der Waals surface area contributed by atoms with Gasteiger partial charge in [0.1, 0.15) is 6.26 Å². The number of hydrogen-bond acceptors (Lipinski definition) is 4. The van der Waals surface area contributed by atoms with Gasteiger partial charge in [-0.3, -0.25) is 0 Å². The van der Waals surface area contributed by atoms with Crippen LogP contribution in [0.3, 0.4) is 0 Å². The lowest BCUT2D eigenvalue weighted by Gasteiger charge is -2.06. The van der Waals surface area contributed by atoms with Gasteiger partial charge in [-0.25, -0.2) is 4.98 Å². The molecule has 0 aliphatic heterocycles. The lowest BCUT2D eigenvalue weighted by Crippen LogP contribution is -1.96. The van der Waals surface area contributed by atoms with Crippen molar-refractivity contribution in [3.05, 3.63) is 35.7 Å². The first-order valence-corrected chi connectivity index (χ1v) is 5.12. The highest BCUT2D eigenvalue weighted by Gasteiger charge is 2.10. The minimum atomic E-state index is 0.0939. The van der Waals surface area contributed by atoms with E-state index in [2.05, 4.69) is 4.98 Å². The summed E-state index contributed by atoms with van der Waals surface area (Å²) in [6.45, 7) is 1.96. The van der Waals surface area contributed by atoms with Gasteiger partial charge < -0.3 is 15.3 Å². The Morgan fingerprint density at radius 1 is 1.44 bits per heavy atom. The van der Waals surface area contributed by atoms with Crippen molar-refractivity contribution in [3.63, 3.8) is 0 Å². The lowest BCUT2D eigenvalue weighted by molar-refractivity contribution is 0.299. The zero-order valence-electron chi connectivity index (χ0n) is 9.10. The standard InChI is InChI=1S/C12H14N2O2/c1-8-7-16-12(14-8)11-6-10(13)3-2-9(11)4-5-15/h2-3,6-7,15H,4-5,13H2,1H3. The molecule has 4 nitrogen and oxygen atoms in total. The average Bonchev–Trinajstić information content (AvgIpc) is 2.68. The molecule has 0 amide bonds. The number of benzene rings is 1. The summed E-state index contributed by atoms with van der Waals surface area (Å²) >= 11 is 0. The Balaban J connectivity index is 2.48. The van der Waals surface area contributed by atoms with Crippen LogP contribution in [0, 0.1) is 6.92 Å². The van der Waals surface area contributed by atoms with Crippen molar-refractivity contribution >= 4 is 5.69 Å². The first kappa shape index (κ1) is 10.7. The summed E-state index contributed by atoms with van der Waals surface area (Å²) in [7, 11) is 0. The SMILES string of the molecule is Cc1coc(-c2cc(N)ccc2CCO)n1. The zero-order valence-corrected chi connectivity index (χ0v) is 9.10. The van der Waals surface area contributed by atoms with Gasteiger partial charge in [0.05, 0.1) is 5.69 Å². The molecule has 4 heteroatoms. The van der Waals surface area contributed by atoms with Crippen LogP contribution in [-0.4, -0.2) is 16.7 Å². The monoisotopic (exact) mass is 218 g/mol. The quantitative estimate of drug-likeness (QED) is 0.770. The number of oxazole rings is 1. The van der Waals surface area contributed by atoms with Crippen molar-refractivity contribution in [2.75, 3.05) is 12.3 Å². The molecule has 0 bridgehead atoms. The van der Waals surface area contributed by atoms with Crippen molar-refractivity contribution in [1.82, 2.24) is 4.98 Å². The van der Waals surface area contributed by atoms with Gasteiger partial charge in [-0.1, -0.05) is 6.07 Å². The number of aryl methyl sites for hydroxylation is 1. The number of rotatable bonds is 3. The molecule has 0 unspecified atom stereocenters. The molecule has 1 aromatic heterocycles. The number of aliphatic hydroxyl groups excluding tert-OH is 1. The first-order chi connectivity index (χ1) is 7.70. The minimum Gasteiger partial charge on any atom is -0.444 e. The van der Waals surface area contributed by atoms with E-state index in [0.29, 0.717) is 18.0 Å². The molecule has 3 N–H and O–H groups in total. The van der Waals surface area contributed by atoms with Gasteiger partial charge in [-0.2, -0.15) is 0 Å². The predicted molar refractivity (Wildman–Crippen MR) is 61.9 cm³/mol. The van der Waals surface area contributed by atoms with Crippen molar-refractivity contribution in [3.8, 4) is 11.5 Å². The van der Waals surface area contributed by atoms with Crippen LogP contribution in [0.1, 0.15) is 11.3 Å². The Labute approximate surface area is 93.7 Å². The first-order valence-electron chi connectivity index (χ1n) is 5.12. The van der Waals surface area contributed by atoms with Crippen molar-refractivity contribution in [1.29, 1.82) is 0 Å². The van der Waals surface area contributed by atoms with E-state index < -0.39 is 0 Å². The normalized spacial score (nSPS) is 10.6. The van der Waals surface area contributed by atoms with E-state index in [0.717, 1.165) is 16.8 Å². The van der Waals surface area contributed by atoms with E-state index in [1.165, 1.54) is 0 Å². The Hall–Kier alpha value is -1.81. The summed E-state index contributed by atoms with van der Waals surface area (Å²) in [4.78, 5) is 4.26. The topological polar surface area (TPSA) is 72.3 Å². The van der Waals surface area contributed by atoms with E-state index in [4.69, 9.17) is 15.3 Å². The summed E-state index contributed by atoms with van der Waals surface area (Å²) in [5.41, 5.74) is 9.06. The van der Waals surface area contributed by atoms with Gasteiger partial charge in [-0.05, 0) is 31.0 Å². The smallest absolute Gasteiger partial charge is 0.226 e. The molecule has 1 aromatic carbocycles. The molecule has 1 heterocycles. The zero-order chi connectivity index (χ0) is 11.5. The molecule has 2 rings (SSSR count). The van der Waals surface area contributed by atoms with Crippen LogP contribution in [0.2, 0.25) is 0 Å². The minimum absolute atomic E-state index is 0.0939. The largest absolute Gasteiger partial charge is 0.444 e. The van der Waals surface area contributed by atoms with Gasteiger partial charge in [-0.15, -0.1) is 0 Å². The van der Waals surface area contributed by atoms with E-state index in [1.54, 1.807) is 6.26 Å². The Morgan fingerprint density at radius 2 is 2.25 bits per heavy atom. The van der Waals surface area contributed by atoms with Crippen molar-refractivity contribution < 1.29 is 9.52 Å². The second-order valence-corrected chi connectivity index (χ2v) is 3.68. The number of anilines is 1. The molecule has 0 aliphatic rings. The number of aromatic nitrogens is 1. The summed E-state index contributed by atoms with van der Waals surface area (Å²) in [6, 6.07) is 5.51. The van der Waals surface area contributed by atoms with Crippen LogP contribution >= 0.6 is 0 Å². The summed E-state index contributed by atoms with van der Waals surface area (Å²) < 4.78 is 5.34. The molecule has 84 valence electrons. The van der Waals surface area contributed by atoms with E-state index in [1.807, 2.05) is 25.1 Å². The van der Waals surface area contributed by atoms with Gasteiger partial charge >= 0.3 is 0 Å². The van der Waals surface area contributed by atoms with Crippen LogP contribution in [0.5, 0.6) is 0 Å². The Morgan fingerprint density at radius 3 is 2.88 bits per heavy atom. The van der Waals surface area contributed by atoms with Crippen LogP contribution in [0.15, 0.2) is 28.9 Å². The fourth-order valence-electron chi connectivity index (χ4n) is 1.61. The fourth-order valence-corrected chi connectivity index (χ4v) is 1.61. The van der Waals surface area contributed by atoms with Crippen LogP contribution in [0.25, 0.3) is 11.5 Å². The number of hydrogen-bond donors (Lipinski definition) is 2. The van der Waals surface area contributed by atoms with E-state index in [9.17, 15) is 0 Å². The highest BCUT2D eigenvalue weighted by Crippen LogP contribution is 2.25. The molecule has 0 fully saturated rings. The number of nitrogens with two attached hydrogens (primary N) is 1. The number of aliphatic hydroxyl groups is 1. The Kier molecular flexibility index (Phi) is 2.92. The fraction of sp³-hybridized carbons (Fsp3) is 0.250. The molecule has 2 aromatic rings. The van der Waals surface area contributed by atoms with Crippen LogP contribution in [-0.2, 0) is 6.42 Å². The molecule has 16 heavy (non-hydrogen) atoms. The molecular formula is C12H14N2O2. The number of nitrogen functional groups attached to an aromatic ring is 1. The lowest BCUT2D eigenvalue weighted by atomic mass is 10.0. The summed E-state index contributed by atoms with van der Waals surface area (Å²) in [6.07, 6.45) is 2.16. The molecule has 0 aliphatic carbocycles. The summed E-state index contributed by atoms with van der Waals surface area (Å²) in [5, 5.41) is 8.98. The summed E-state index contributed by atoms with van der Waals surface area (Å²) in [5.74, 6) is 0.549. The van der Waals surface area contributed by atoms with Crippen molar-refractivity contribution in [2.24, 2.45) is 0 Å². The molecule has 0 saturated carbocycles. The van der Waals surface area contributed by atoms with Gasteiger partial charge in [0, 0.05) is 17.9 Å². The van der Waals surface area contributed by atoms with Crippen molar-refractivity contribution in [2.45, 2.75) is 13.3 Å². The third-order valence-corrected chi connectivity index (χ3v) is 2.36. The molecule has 0 saturated heterocycles. The third kappa shape index (κ3) is 2.06. The number of nitrogens with zero attached hydrogens (tertiary/aromatic N) is 1. The average molecular weight is 218 g/mol. The third-order valence-electron chi connectivity index (χ3n) is 2.36. The van der Waals surface area contributed by atoms with Crippen LogP contribution in [0.4, 0.5) is 5.69 Å². The van der Waals surface area contributed by atoms with E-state index in [-0.39, 0.29) is 6.61 Å². The Bertz CT molecular complexity index is 492. The maximum absolute atomic E-state index is 8.98. The maximum Gasteiger partial charge on any atom is 0.226 e. The molecule has 0 atom stereocenters. The highest BCUT2D eigenvalue weighted by molar-refractivity contribution is 5.64. The molecular weight excluding hydrogens is 204 g/mol. The van der Waals surface area contributed by atoms with Gasteiger partial charge in [0.15, 0.2) is 0 Å². The predicted octanol–water partition coefficient (Wildman–Crippen LogP) is 1.77. The maximum atomic E-state index is 8.98. The molecule has 0 radical (unpaired) electrons. The van der Waals surface area contributed by atoms with E-state index >= 15 is 0 Å². The molecule has 0 spiro atoms. The van der Waals surface area contributed by atoms with Gasteiger partial charge in [0.25, 0.3) is 0 Å². The second-order valence-electron chi connectivity index (χ2n) is 3.68. The second kappa shape index (κ2) is 4.37. The van der Waals surface area contributed by atoms with Crippen LogP contribution < -0.4 is 5.73 Å². The highest BCUT2D eigenvalue weighted by atomic mass is 16.3. The van der Waals surface area contributed by atoms with Gasteiger partial charge in [0.2, 0.25) is 5.89 Å².